The van der Waals surface area contributed by atoms with Gasteiger partial charge in [0, 0.05) is 22.3 Å². The third-order valence-corrected chi connectivity index (χ3v) is 4.94. The summed E-state index contributed by atoms with van der Waals surface area (Å²) in [6.07, 6.45) is 0. The number of anilines is 1. The molecule has 0 fully saturated rings. The molecule has 96 valence electrons. The minimum Gasteiger partial charge on any atom is -0.384 e. The van der Waals surface area contributed by atoms with Crippen LogP contribution in [0.5, 0.6) is 0 Å². The van der Waals surface area contributed by atoms with Gasteiger partial charge in [-0.3, -0.25) is 0 Å². The fourth-order valence-electron chi connectivity index (χ4n) is 1.23. The monoisotopic (exact) mass is 295 g/mol. The van der Waals surface area contributed by atoms with Gasteiger partial charge in [0.2, 0.25) is 0 Å². The van der Waals surface area contributed by atoms with Gasteiger partial charge in [-0.25, -0.2) is 8.42 Å². The molecule has 17 heavy (non-hydrogen) atoms. The third kappa shape index (κ3) is 4.74. The Hall–Kier alpha value is -0.450. The number of sulfone groups is 1. The maximum atomic E-state index is 11.6. The topological polar surface area (TPSA) is 46.2 Å². The van der Waals surface area contributed by atoms with Gasteiger partial charge in [-0.05, 0) is 32.0 Å². The fourth-order valence-corrected chi connectivity index (χ4v) is 2.61. The zero-order chi connectivity index (χ0) is 13.1. The van der Waals surface area contributed by atoms with Crippen LogP contribution in [0.4, 0.5) is 5.69 Å². The molecule has 0 radical (unpaired) electrons. The highest BCUT2D eigenvalue weighted by molar-refractivity contribution is 7.92. The molecule has 0 aliphatic carbocycles. The maximum Gasteiger partial charge on any atom is 0.154 e. The summed E-state index contributed by atoms with van der Waals surface area (Å²) < 4.78 is 23.1. The van der Waals surface area contributed by atoms with E-state index in [1.54, 1.807) is 32.0 Å². The Kier molecular flexibility index (Phi) is 5.10. The molecular formula is C11H15Cl2NO2S. The second kappa shape index (κ2) is 5.94. The Labute approximate surface area is 112 Å². The van der Waals surface area contributed by atoms with Crippen LogP contribution in [0.1, 0.15) is 13.8 Å². The minimum atomic E-state index is -3.02. The predicted octanol–water partition coefficient (Wildman–Crippen LogP) is 3.23. The highest BCUT2D eigenvalue weighted by Gasteiger charge is 2.15. The summed E-state index contributed by atoms with van der Waals surface area (Å²) in [5, 5.41) is 3.68. The molecule has 1 N–H and O–H groups in total. The summed E-state index contributed by atoms with van der Waals surface area (Å²) in [6.45, 7) is 3.69. The molecule has 0 saturated heterocycles. The zero-order valence-electron chi connectivity index (χ0n) is 9.70. The van der Waals surface area contributed by atoms with Crippen LogP contribution >= 0.6 is 23.2 Å². The number of benzene rings is 1. The van der Waals surface area contributed by atoms with Crippen molar-refractivity contribution in [2.45, 2.75) is 19.1 Å². The van der Waals surface area contributed by atoms with Crippen molar-refractivity contribution in [2.24, 2.45) is 0 Å². The molecule has 0 aliphatic heterocycles. The zero-order valence-corrected chi connectivity index (χ0v) is 12.0. The average molecular weight is 296 g/mol. The normalized spacial score (nSPS) is 11.8. The maximum absolute atomic E-state index is 11.6. The molecular weight excluding hydrogens is 281 g/mol. The molecule has 0 aromatic heterocycles. The second-order valence-electron chi connectivity index (χ2n) is 4.00. The Bertz CT molecular complexity index is 466. The van der Waals surface area contributed by atoms with E-state index in [-0.39, 0.29) is 11.0 Å². The standard InChI is InChI=1S/C11H15Cl2NO2S/c1-8(2)17(15,16)4-3-14-11-6-9(12)5-10(13)7-11/h5-8,14H,3-4H2,1-2H3. The van der Waals surface area contributed by atoms with Crippen molar-refractivity contribution in [3.8, 4) is 0 Å². The van der Waals surface area contributed by atoms with E-state index in [1.165, 1.54) is 0 Å². The van der Waals surface area contributed by atoms with Crippen molar-refractivity contribution in [1.29, 1.82) is 0 Å². The van der Waals surface area contributed by atoms with Crippen LogP contribution in [0.2, 0.25) is 10.0 Å². The van der Waals surface area contributed by atoms with Crippen molar-refractivity contribution in [1.82, 2.24) is 0 Å². The Morgan fingerprint density at radius 1 is 1.18 bits per heavy atom. The van der Waals surface area contributed by atoms with Crippen LogP contribution in [0.15, 0.2) is 18.2 Å². The average Bonchev–Trinajstić information content (AvgIpc) is 2.15. The molecule has 3 nitrogen and oxygen atoms in total. The van der Waals surface area contributed by atoms with Gasteiger partial charge in [-0.2, -0.15) is 0 Å². The molecule has 0 heterocycles. The quantitative estimate of drug-likeness (QED) is 0.907. The first-order chi connectivity index (χ1) is 7.81. The van der Waals surface area contributed by atoms with Gasteiger partial charge in [0.25, 0.3) is 0 Å². The summed E-state index contributed by atoms with van der Waals surface area (Å²) in [5.41, 5.74) is 0.724. The Balaban J connectivity index is 2.57. The van der Waals surface area contributed by atoms with E-state index < -0.39 is 9.84 Å². The first-order valence-corrected chi connectivity index (χ1v) is 7.70. The number of halogens is 2. The molecule has 0 atom stereocenters. The molecule has 6 heteroatoms. The number of rotatable bonds is 5. The first-order valence-electron chi connectivity index (χ1n) is 5.23. The minimum absolute atomic E-state index is 0.0921. The van der Waals surface area contributed by atoms with Gasteiger partial charge in [0.15, 0.2) is 9.84 Å². The summed E-state index contributed by atoms with van der Waals surface area (Å²) >= 11 is 11.7. The summed E-state index contributed by atoms with van der Waals surface area (Å²) in [4.78, 5) is 0. The van der Waals surface area contributed by atoms with Crippen LogP contribution < -0.4 is 5.32 Å². The van der Waals surface area contributed by atoms with Gasteiger partial charge >= 0.3 is 0 Å². The fraction of sp³-hybridized carbons (Fsp3) is 0.455. The van der Waals surface area contributed by atoms with E-state index in [2.05, 4.69) is 5.32 Å². The van der Waals surface area contributed by atoms with Gasteiger partial charge in [-0.1, -0.05) is 23.2 Å². The molecule has 0 bridgehead atoms. The molecule has 0 amide bonds. The van der Waals surface area contributed by atoms with E-state index in [0.717, 1.165) is 5.69 Å². The van der Waals surface area contributed by atoms with Crippen molar-refractivity contribution in [3.05, 3.63) is 28.2 Å². The highest BCUT2D eigenvalue weighted by atomic mass is 35.5. The van der Waals surface area contributed by atoms with Crippen LogP contribution in [0.25, 0.3) is 0 Å². The number of nitrogens with one attached hydrogen (secondary N) is 1. The number of hydrogen-bond acceptors (Lipinski definition) is 3. The Morgan fingerprint density at radius 3 is 2.18 bits per heavy atom. The summed E-state index contributed by atoms with van der Waals surface area (Å²) in [5.74, 6) is 0.0921. The molecule has 0 aliphatic rings. The molecule has 1 rings (SSSR count). The van der Waals surface area contributed by atoms with Gasteiger partial charge in [-0.15, -0.1) is 0 Å². The van der Waals surface area contributed by atoms with Gasteiger partial charge in [0.05, 0.1) is 11.0 Å². The second-order valence-corrected chi connectivity index (χ2v) is 7.55. The smallest absolute Gasteiger partial charge is 0.154 e. The molecule has 0 unspecified atom stereocenters. The lowest BCUT2D eigenvalue weighted by atomic mass is 10.3. The largest absolute Gasteiger partial charge is 0.384 e. The lowest BCUT2D eigenvalue weighted by Crippen LogP contribution is -2.22. The molecule has 1 aromatic carbocycles. The van der Waals surface area contributed by atoms with E-state index in [9.17, 15) is 8.42 Å². The van der Waals surface area contributed by atoms with E-state index in [1.807, 2.05) is 0 Å². The van der Waals surface area contributed by atoms with Crippen LogP contribution in [0.3, 0.4) is 0 Å². The first kappa shape index (κ1) is 14.6. The van der Waals surface area contributed by atoms with Crippen molar-refractivity contribution in [2.75, 3.05) is 17.6 Å². The third-order valence-electron chi connectivity index (χ3n) is 2.30. The molecule has 1 aromatic rings. The van der Waals surface area contributed by atoms with Crippen LogP contribution in [-0.4, -0.2) is 26.0 Å². The van der Waals surface area contributed by atoms with Crippen LogP contribution in [-0.2, 0) is 9.84 Å². The summed E-state index contributed by atoms with van der Waals surface area (Å²) in [6, 6.07) is 5.03. The highest BCUT2D eigenvalue weighted by Crippen LogP contribution is 2.22. The predicted molar refractivity (Wildman–Crippen MR) is 73.9 cm³/mol. The molecule has 0 saturated carbocycles. The SMILES string of the molecule is CC(C)S(=O)(=O)CCNc1cc(Cl)cc(Cl)c1. The Morgan fingerprint density at radius 2 is 1.71 bits per heavy atom. The van der Waals surface area contributed by atoms with Gasteiger partial charge < -0.3 is 5.32 Å². The van der Waals surface area contributed by atoms with Gasteiger partial charge in [0.1, 0.15) is 0 Å². The van der Waals surface area contributed by atoms with E-state index in [4.69, 9.17) is 23.2 Å². The van der Waals surface area contributed by atoms with Crippen molar-refractivity contribution in [3.63, 3.8) is 0 Å². The lowest BCUT2D eigenvalue weighted by Gasteiger charge is -2.10. The van der Waals surface area contributed by atoms with Crippen molar-refractivity contribution >= 4 is 38.7 Å². The summed E-state index contributed by atoms with van der Waals surface area (Å²) in [7, 11) is -3.02. The number of hydrogen-bond donors (Lipinski definition) is 1. The van der Waals surface area contributed by atoms with Crippen LogP contribution in [0, 0.1) is 0 Å². The lowest BCUT2D eigenvalue weighted by molar-refractivity contribution is 0.588. The van der Waals surface area contributed by atoms with E-state index >= 15 is 0 Å². The van der Waals surface area contributed by atoms with Crippen molar-refractivity contribution < 1.29 is 8.42 Å². The molecule has 0 spiro atoms. The van der Waals surface area contributed by atoms with E-state index in [0.29, 0.717) is 16.6 Å².